The van der Waals surface area contributed by atoms with Crippen LogP contribution in [0.4, 0.5) is 11.4 Å². The summed E-state index contributed by atoms with van der Waals surface area (Å²) in [5.74, 6) is 1.04. The van der Waals surface area contributed by atoms with Gasteiger partial charge in [-0.15, -0.1) is 24.0 Å². The van der Waals surface area contributed by atoms with Crippen molar-refractivity contribution in [2.24, 2.45) is 10.7 Å². The van der Waals surface area contributed by atoms with Crippen LogP contribution >= 0.6 is 39.9 Å². The van der Waals surface area contributed by atoms with Crippen LogP contribution in [0.2, 0.25) is 0 Å². The maximum absolute atomic E-state index is 11.9. The van der Waals surface area contributed by atoms with Gasteiger partial charge in [0.2, 0.25) is 5.91 Å². The largest absolute Gasteiger partial charge is 0.497 e. The van der Waals surface area contributed by atoms with Crippen molar-refractivity contribution in [3.05, 3.63) is 46.9 Å². The van der Waals surface area contributed by atoms with Crippen LogP contribution in [-0.4, -0.2) is 32.6 Å². The summed E-state index contributed by atoms with van der Waals surface area (Å²) in [5, 5.41) is 5.64. The Morgan fingerprint density at radius 2 is 1.92 bits per heavy atom. The fourth-order valence-electron chi connectivity index (χ4n) is 2.01. The van der Waals surface area contributed by atoms with Gasteiger partial charge in [-0.25, -0.2) is 4.99 Å². The molecule has 0 unspecified atom stereocenters. The summed E-state index contributed by atoms with van der Waals surface area (Å²) in [5.41, 5.74) is 7.11. The first kappa shape index (κ1) is 22.0. The standard InChI is InChI=1S/C17H19BrN4O3.HI/c1-24-13-6-7-15(25-2)14(9-13)22-17(19)20-10-16(23)21-12-5-3-4-11(18)8-12;/h3-9H,10H2,1-2H3,(H,21,23)(H3,19,20,22);1H. The Labute approximate surface area is 177 Å². The van der Waals surface area contributed by atoms with Crippen LogP contribution in [0.1, 0.15) is 0 Å². The molecule has 0 spiro atoms. The molecule has 7 nitrogen and oxygen atoms in total. The number of nitrogens with zero attached hydrogens (tertiary/aromatic N) is 1. The molecule has 0 saturated heterocycles. The van der Waals surface area contributed by atoms with Crippen molar-refractivity contribution in [2.75, 3.05) is 31.4 Å². The first-order valence-corrected chi connectivity index (χ1v) is 8.15. The van der Waals surface area contributed by atoms with E-state index in [0.717, 1.165) is 4.47 Å². The molecule has 2 rings (SSSR count). The third-order valence-electron chi connectivity index (χ3n) is 3.17. The lowest BCUT2D eigenvalue weighted by Crippen LogP contribution is -2.25. The number of carbonyl (C=O) groups is 1. The normalized spacial score (nSPS) is 10.5. The highest BCUT2D eigenvalue weighted by Gasteiger charge is 2.07. The SMILES string of the molecule is COc1ccc(OC)c(NC(N)=NCC(=O)Nc2cccc(Br)c2)c1.I. The summed E-state index contributed by atoms with van der Waals surface area (Å²) in [4.78, 5) is 16.0. The van der Waals surface area contributed by atoms with Crippen molar-refractivity contribution in [2.45, 2.75) is 0 Å². The van der Waals surface area contributed by atoms with Crippen LogP contribution in [0.15, 0.2) is 51.9 Å². The summed E-state index contributed by atoms with van der Waals surface area (Å²) in [6.45, 7) is -0.113. The number of ether oxygens (including phenoxy) is 2. The van der Waals surface area contributed by atoms with Crippen molar-refractivity contribution in [3.8, 4) is 11.5 Å². The van der Waals surface area contributed by atoms with Crippen LogP contribution in [0.3, 0.4) is 0 Å². The molecule has 140 valence electrons. The highest BCUT2D eigenvalue weighted by atomic mass is 127. The van der Waals surface area contributed by atoms with Gasteiger partial charge < -0.3 is 25.8 Å². The Morgan fingerprint density at radius 3 is 2.58 bits per heavy atom. The van der Waals surface area contributed by atoms with Crippen molar-refractivity contribution < 1.29 is 14.3 Å². The maximum Gasteiger partial charge on any atom is 0.246 e. The molecular weight excluding hydrogens is 515 g/mol. The molecule has 0 aliphatic carbocycles. The van der Waals surface area contributed by atoms with Crippen LogP contribution in [0, 0.1) is 0 Å². The third kappa shape index (κ3) is 6.71. The van der Waals surface area contributed by atoms with Crippen molar-refractivity contribution in [1.82, 2.24) is 0 Å². The predicted octanol–water partition coefficient (Wildman–Crippen LogP) is 3.45. The van der Waals surface area contributed by atoms with Gasteiger partial charge in [-0.05, 0) is 30.3 Å². The average Bonchev–Trinajstić information content (AvgIpc) is 2.60. The number of nitrogens with one attached hydrogen (secondary N) is 2. The number of aliphatic imine (C=N–C) groups is 1. The highest BCUT2D eigenvalue weighted by molar-refractivity contribution is 14.0. The summed E-state index contributed by atoms with van der Waals surface area (Å²) in [6.07, 6.45) is 0. The van der Waals surface area contributed by atoms with E-state index in [4.69, 9.17) is 15.2 Å². The zero-order valence-electron chi connectivity index (χ0n) is 14.3. The van der Waals surface area contributed by atoms with Gasteiger partial charge in [-0.3, -0.25) is 4.79 Å². The van der Waals surface area contributed by atoms with E-state index in [1.807, 2.05) is 12.1 Å². The fraction of sp³-hybridized carbons (Fsp3) is 0.176. The predicted molar refractivity (Wildman–Crippen MR) is 118 cm³/mol. The molecule has 0 aliphatic rings. The van der Waals surface area contributed by atoms with E-state index in [9.17, 15) is 4.79 Å². The summed E-state index contributed by atoms with van der Waals surface area (Å²) >= 11 is 3.35. The number of nitrogens with two attached hydrogens (primary N) is 1. The van der Waals surface area contributed by atoms with E-state index in [0.29, 0.717) is 22.9 Å². The van der Waals surface area contributed by atoms with Crippen molar-refractivity contribution >= 4 is 63.1 Å². The van der Waals surface area contributed by atoms with E-state index in [2.05, 4.69) is 31.6 Å². The molecule has 4 N–H and O–H groups in total. The van der Waals surface area contributed by atoms with E-state index in [1.165, 1.54) is 0 Å². The number of rotatable bonds is 6. The zero-order chi connectivity index (χ0) is 18.2. The minimum Gasteiger partial charge on any atom is -0.497 e. The lowest BCUT2D eigenvalue weighted by molar-refractivity contribution is -0.114. The summed E-state index contributed by atoms with van der Waals surface area (Å²) < 4.78 is 11.3. The maximum atomic E-state index is 11.9. The molecule has 0 aromatic heterocycles. The number of guanidine groups is 1. The van der Waals surface area contributed by atoms with Crippen molar-refractivity contribution in [3.63, 3.8) is 0 Å². The van der Waals surface area contributed by atoms with Gasteiger partial charge in [0.1, 0.15) is 18.0 Å². The van der Waals surface area contributed by atoms with Crippen molar-refractivity contribution in [1.29, 1.82) is 0 Å². The molecule has 0 aliphatic heterocycles. The number of hydrogen-bond acceptors (Lipinski definition) is 4. The second-order valence-electron chi connectivity index (χ2n) is 4.95. The smallest absolute Gasteiger partial charge is 0.246 e. The quantitative estimate of drug-likeness (QED) is 0.299. The van der Waals surface area contributed by atoms with Gasteiger partial charge in [0.05, 0.1) is 19.9 Å². The number of hydrogen-bond donors (Lipinski definition) is 3. The minimum absolute atomic E-state index is 0. The number of methoxy groups -OCH3 is 2. The van der Waals surface area contributed by atoms with E-state index >= 15 is 0 Å². The van der Waals surface area contributed by atoms with E-state index in [-0.39, 0.29) is 42.4 Å². The molecule has 0 bridgehead atoms. The molecule has 26 heavy (non-hydrogen) atoms. The second-order valence-corrected chi connectivity index (χ2v) is 5.87. The highest BCUT2D eigenvalue weighted by Crippen LogP contribution is 2.28. The van der Waals surface area contributed by atoms with Crippen LogP contribution in [-0.2, 0) is 4.79 Å². The van der Waals surface area contributed by atoms with E-state index < -0.39 is 0 Å². The summed E-state index contributed by atoms with van der Waals surface area (Å²) in [7, 11) is 3.11. The van der Waals surface area contributed by atoms with Gasteiger partial charge in [0.25, 0.3) is 0 Å². The number of anilines is 2. The van der Waals surface area contributed by atoms with E-state index in [1.54, 1.807) is 44.6 Å². The van der Waals surface area contributed by atoms with Crippen LogP contribution in [0.5, 0.6) is 11.5 Å². The molecule has 0 radical (unpaired) electrons. The lowest BCUT2D eigenvalue weighted by Gasteiger charge is -2.12. The molecule has 9 heteroatoms. The number of carbonyl (C=O) groups excluding carboxylic acids is 1. The summed E-state index contributed by atoms with van der Waals surface area (Å²) in [6, 6.07) is 12.5. The fourth-order valence-corrected chi connectivity index (χ4v) is 2.41. The van der Waals surface area contributed by atoms with Gasteiger partial charge in [-0.1, -0.05) is 22.0 Å². The molecule has 0 heterocycles. The van der Waals surface area contributed by atoms with Gasteiger partial charge >= 0.3 is 0 Å². The molecule has 2 aromatic carbocycles. The average molecular weight is 535 g/mol. The Balaban J connectivity index is 0.00000338. The molecule has 0 fully saturated rings. The van der Waals surface area contributed by atoms with Gasteiger partial charge in [-0.2, -0.15) is 0 Å². The van der Waals surface area contributed by atoms with Crippen LogP contribution in [0.25, 0.3) is 0 Å². The Hall–Kier alpha value is -2.01. The molecule has 0 saturated carbocycles. The lowest BCUT2D eigenvalue weighted by atomic mass is 10.2. The molecule has 2 aromatic rings. The monoisotopic (exact) mass is 534 g/mol. The molecular formula is C17H20BrIN4O3. The third-order valence-corrected chi connectivity index (χ3v) is 3.66. The number of amides is 1. The Bertz CT molecular complexity index is 786. The van der Waals surface area contributed by atoms with Crippen LogP contribution < -0.4 is 25.8 Å². The second kappa shape index (κ2) is 10.9. The van der Waals surface area contributed by atoms with Gasteiger partial charge in [0, 0.05) is 16.2 Å². The first-order valence-electron chi connectivity index (χ1n) is 7.36. The first-order chi connectivity index (χ1) is 12.0. The molecule has 0 atom stereocenters. The Morgan fingerprint density at radius 1 is 1.15 bits per heavy atom. The number of benzene rings is 2. The molecule has 1 amide bonds. The topological polar surface area (TPSA) is 98.0 Å². The zero-order valence-corrected chi connectivity index (χ0v) is 18.2. The Kier molecular flexibility index (Phi) is 9.21. The minimum atomic E-state index is -0.277. The number of halogens is 2. The van der Waals surface area contributed by atoms with Gasteiger partial charge in [0.15, 0.2) is 5.96 Å².